The Balaban J connectivity index is 1.75. The first-order valence-electron chi connectivity index (χ1n) is 8.74. The molecular weight excluding hydrogens is 528 g/mol. The lowest BCUT2D eigenvalue weighted by molar-refractivity contribution is 0.0988. The Morgan fingerprint density at radius 1 is 1.03 bits per heavy atom. The molecule has 1 aromatic heterocycles. The molecule has 4 aromatic rings. The van der Waals surface area contributed by atoms with Gasteiger partial charge in [0.2, 0.25) is 5.13 Å². The van der Waals surface area contributed by atoms with Crippen molar-refractivity contribution < 1.29 is 4.79 Å². The van der Waals surface area contributed by atoms with Gasteiger partial charge in [0, 0.05) is 14.5 Å². The number of rotatable bonds is 4. The molecule has 30 heavy (non-hydrogen) atoms. The second kappa shape index (κ2) is 8.88. The molecule has 0 atom stereocenters. The Bertz CT molecular complexity index is 1290. The highest BCUT2D eigenvalue weighted by Gasteiger charge is 2.21. The van der Waals surface area contributed by atoms with Crippen LogP contribution in [0.3, 0.4) is 0 Å². The molecule has 0 aliphatic carbocycles. The van der Waals surface area contributed by atoms with Crippen molar-refractivity contribution in [2.24, 2.45) is 5.10 Å². The van der Waals surface area contributed by atoms with Gasteiger partial charge in [-0.15, -0.1) is 0 Å². The molecule has 4 rings (SSSR count). The second-order valence-electron chi connectivity index (χ2n) is 6.21. The summed E-state index contributed by atoms with van der Waals surface area (Å²) in [5.41, 5.74) is 2.54. The molecule has 8 heteroatoms. The zero-order valence-electron chi connectivity index (χ0n) is 15.3. The first-order valence-corrected chi connectivity index (χ1v) is 11.1. The average molecular weight is 540 g/mol. The number of aromatic nitrogens is 1. The fourth-order valence-corrected chi connectivity index (χ4v) is 4.39. The SMILES string of the molecule is N#Cc1ccc(C(=O)N(/N=C/c2ccc(Br)cc2)c2nc3ccc(Br)cc3s2)cc1. The van der Waals surface area contributed by atoms with Crippen molar-refractivity contribution in [1.82, 2.24) is 4.98 Å². The number of carbonyl (C=O) groups excluding carboxylic acids is 1. The number of thiazole rings is 1. The van der Waals surface area contributed by atoms with Crippen LogP contribution in [-0.2, 0) is 0 Å². The molecule has 3 aromatic carbocycles. The van der Waals surface area contributed by atoms with E-state index in [0.29, 0.717) is 16.3 Å². The molecule has 0 aliphatic rings. The molecule has 5 nitrogen and oxygen atoms in total. The van der Waals surface area contributed by atoms with E-state index in [1.807, 2.05) is 42.5 Å². The van der Waals surface area contributed by atoms with E-state index in [2.05, 4.69) is 48.0 Å². The largest absolute Gasteiger partial charge is 0.280 e. The summed E-state index contributed by atoms with van der Waals surface area (Å²) in [5.74, 6) is -0.328. The molecular formula is C22H12Br2N4OS. The number of hydrogen-bond donors (Lipinski definition) is 0. The Morgan fingerprint density at radius 3 is 2.43 bits per heavy atom. The van der Waals surface area contributed by atoms with E-state index in [9.17, 15) is 4.79 Å². The molecule has 0 unspecified atom stereocenters. The third-order valence-electron chi connectivity index (χ3n) is 4.17. The summed E-state index contributed by atoms with van der Waals surface area (Å²) in [5, 5.41) is 15.2. The number of halogens is 2. The van der Waals surface area contributed by atoms with Crippen LogP contribution in [0.25, 0.3) is 10.2 Å². The molecule has 1 heterocycles. The summed E-state index contributed by atoms with van der Waals surface area (Å²) in [4.78, 5) is 17.8. The summed E-state index contributed by atoms with van der Waals surface area (Å²) in [6.07, 6.45) is 1.62. The first kappa shape index (κ1) is 20.4. The monoisotopic (exact) mass is 538 g/mol. The van der Waals surface area contributed by atoms with Gasteiger partial charge in [0.25, 0.3) is 5.91 Å². The van der Waals surface area contributed by atoms with E-state index in [1.165, 1.54) is 16.3 Å². The van der Waals surface area contributed by atoms with Crippen LogP contribution in [0.5, 0.6) is 0 Å². The molecule has 0 saturated carbocycles. The van der Waals surface area contributed by atoms with Gasteiger partial charge in [-0.05, 0) is 60.2 Å². The van der Waals surface area contributed by atoms with Crippen LogP contribution in [0, 0.1) is 11.3 Å². The lowest BCUT2D eigenvalue weighted by Gasteiger charge is -2.14. The predicted octanol–water partition coefficient (Wildman–Crippen LogP) is 6.37. The van der Waals surface area contributed by atoms with E-state index < -0.39 is 0 Å². The minimum Gasteiger partial charge on any atom is -0.267 e. The zero-order valence-corrected chi connectivity index (χ0v) is 19.3. The Hall–Kier alpha value is -2.86. The number of nitrogens with zero attached hydrogens (tertiary/aromatic N) is 4. The fourth-order valence-electron chi connectivity index (χ4n) is 2.65. The van der Waals surface area contributed by atoms with Gasteiger partial charge in [-0.3, -0.25) is 4.79 Å². The Labute approximate surface area is 193 Å². The van der Waals surface area contributed by atoms with Crippen molar-refractivity contribution in [1.29, 1.82) is 5.26 Å². The smallest absolute Gasteiger partial charge is 0.267 e. The molecule has 0 radical (unpaired) electrons. The third kappa shape index (κ3) is 4.49. The van der Waals surface area contributed by atoms with Gasteiger partial charge in [-0.25, -0.2) is 4.98 Å². The van der Waals surface area contributed by atoms with Crippen molar-refractivity contribution in [2.75, 3.05) is 5.01 Å². The summed E-state index contributed by atoms with van der Waals surface area (Å²) in [7, 11) is 0. The van der Waals surface area contributed by atoms with E-state index in [1.54, 1.807) is 30.5 Å². The molecule has 0 spiro atoms. The van der Waals surface area contributed by atoms with Crippen LogP contribution >= 0.6 is 43.2 Å². The maximum atomic E-state index is 13.2. The molecule has 0 bridgehead atoms. The van der Waals surface area contributed by atoms with E-state index in [0.717, 1.165) is 24.7 Å². The second-order valence-corrected chi connectivity index (χ2v) is 9.05. The van der Waals surface area contributed by atoms with Crippen molar-refractivity contribution in [3.05, 3.63) is 92.4 Å². The normalized spacial score (nSPS) is 11.0. The van der Waals surface area contributed by atoms with Crippen molar-refractivity contribution >= 4 is 70.7 Å². The van der Waals surface area contributed by atoms with Gasteiger partial charge in [-0.2, -0.15) is 15.4 Å². The average Bonchev–Trinajstić information content (AvgIpc) is 3.18. The third-order valence-corrected chi connectivity index (χ3v) is 6.18. The molecule has 0 aliphatic heterocycles. The first-order chi connectivity index (χ1) is 14.5. The number of hydrazone groups is 1. The topological polar surface area (TPSA) is 69.3 Å². The Morgan fingerprint density at radius 2 is 1.73 bits per heavy atom. The van der Waals surface area contributed by atoms with Crippen LogP contribution in [0.1, 0.15) is 21.5 Å². The van der Waals surface area contributed by atoms with Crippen LogP contribution in [0.2, 0.25) is 0 Å². The molecule has 0 fully saturated rings. The molecule has 0 N–H and O–H groups in total. The van der Waals surface area contributed by atoms with Crippen molar-refractivity contribution in [3.8, 4) is 6.07 Å². The lowest BCUT2D eigenvalue weighted by Crippen LogP contribution is -2.25. The van der Waals surface area contributed by atoms with Gasteiger partial charge in [0.1, 0.15) is 0 Å². The fraction of sp³-hybridized carbons (Fsp3) is 0. The molecule has 1 amide bonds. The summed E-state index contributed by atoms with van der Waals surface area (Å²) in [6, 6.07) is 21.9. The predicted molar refractivity (Wildman–Crippen MR) is 127 cm³/mol. The highest BCUT2D eigenvalue weighted by atomic mass is 79.9. The number of nitriles is 1. The summed E-state index contributed by atoms with van der Waals surface area (Å²) < 4.78 is 2.84. The standard InChI is InChI=1S/C22H12Br2N4OS/c23-17-7-3-15(4-8-17)13-26-28(21(29)16-5-1-14(12-25)2-6-16)22-27-19-10-9-18(24)11-20(19)30-22/h1-11,13H/b26-13+. The molecule has 146 valence electrons. The van der Waals surface area contributed by atoms with Gasteiger partial charge in [0.15, 0.2) is 0 Å². The van der Waals surface area contributed by atoms with Crippen molar-refractivity contribution in [2.45, 2.75) is 0 Å². The van der Waals surface area contributed by atoms with Crippen molar-refractivity contribution in [3.63, 3.8) is 0 Å². The minimum atomic E-state index is -0.328. The highest BCUT2D eigenvalue weighted by Crippen LogP contribution is 2.32. The number of fused-ring (bicyclic) bond motifs is 1. The minimum absolute atomic E-state index is 0.328. The van der Waals surface area contributed by atoms with Crippen LogP contribution in [-0.4, -0.2) is 17.1 Å². The van der Waals surface area contributed by atoms with Crippen LogP contribution in [0.4, 0.5) is 5.13 Å². The van der Waals surface area contributed by atoms with Gasteiger partial charge >= 0.3 is 0 Å². The number of carbonyl (C=O) groups is 1. The molecule has 0 saturated heterocycles. The van der Waals surface area contributed by atoms with E-state index in [4.69, 9.17) is 5.26 Å². The number of hydrogen-bond acceptors (Lipinski definition) is 5. The summed E-state index contributed by atoms with van der Waals surface area (Å²) >= 11 is 8.25. The van der Waals surface area contributed by atoms with Crippen LogP contribution < -0.4 is 5.01 Å². The zero-order chi connectivity index (χ0) is 21.1. The number of benzene rings is 3. The quantitative estimate of drug-likeness (QED) is 0.223. The van der Waals surface area contributed by atoms with E-state index in [-0.39, 0.29) is 5.91 Å². The highest BCUT2D eigenvalue weighted by molar-refractivity contribution is 9.10. The number of anilines is 1. The van der Waals surface area contributed by atoms with E-state index >= 15 is 0 Å². The number of amides is 1. The maximum Gasteiger partial charge on any atom is 0.280 e. The lowest BCUT2D eigenvalue weighted by atomic mass is 10.1. The van der Waals surface area contributed by atoms with Gasteiger partial charge < -0.3 is 0 Å². The maximum absolute atomic E-state index is 13.2. The van der Waals surface area contributed by atoms with Gasteiger partial charge in [0.05, 0.1) is 28.1 Å². The van der Waals surface area contributed by atoms with Crippen LogP contribution in [0.15, 0.2) is 80.8 Å². The Kier molecular flexibility index (Phi) is 6.04. The summed E-state index contributed by atoms with van der Waals surface area (Å²) in [6.45, 7) is 0. The van der Waals surface area contributed by atoms with Gasteiger partial charge in [-0.1, -0.05) is 55.3 Å².